The molecule has 1 atom stereocenters. The number of rotatable bonds is 6. The molecule has 0 aliphatic carbocycles. The summed E-state index contributed by atoms with van der Waals surface area (Å²) in [6, 6.07) is 3.47. The van der Waals surface area contributed by atoms with Crippen molar-refractivity contribution in [2.24, 2.45) is 11.7 Å². The second-order valence-corrected chi connectivity index (χ2v) is 5.95. The fraction of sp³-hybridized carbons (Fsp3) is 0.357. The number of nitrogens with zero attached hydrogens (tertiary/aromatic N) is 2. The second-order valence-electron chi connectivity index (χ2n) is 5.10. The average Bonchev–Trinajstić information content (AvgIpc) is 3.00. The Kier molecular flexibility index (Phi) is 4.74. The minimum atomic E-state index is -0.439. The van der Waals surface area contributed by atoms with Crippen molar-refractivity contribution in [3.63, 3.8) is 0 Å². The molecule has 2 heterocycles. The third-order valence-electron chi connectivity index (χ3n) is 2.99. The molecule has 0 saturated carbocycles. The molecule has 1 unspecified atom stereocenters. The van der Waals surface area contributed by atoms with Crippen LogP contribution in [0.1, 0.15) is 25.6 Å². The van der Waals surface area contributed by atoms with E-state index in [1.807, 2.05) is 42.9 Å². The maximum absolute atomic E-state index is 12.4. The van der Waals surface area contributed by atoms with E-state index in [1.165, 1.54) is 11.3 Å². The van der Waals surface area contributed by atoms with Gasteiger partial charge in [-0.25, -0.2) is 4.98 Å². The number of carbonyl (C=O) groups is 2. The predicted octanol–water partition coefficient (Wildman–Crippen LogP) is 1.81. The molecule has 0 radical (unpaired) electrons. The molecular formula is C14H18N4O2S. The van der Waals surface area contributed by atoms with Gasteiger partial charge in [-0.15, -0.1) is 11.3 Å². The predicted molar refractivity (Wildman–Crippen MR) is 81.9 cm³/mol. The molecule has 0 saturated heterocycles. The normalized spacial score (nSPS) is 12.3. The van der Waals surface area contributed by atoms with Crippen molar-refractivity contribution >= 4 is 28.3 Å². The van der Waals surface area contributed by atoms with Gasteiger partial charge in [0.25, 0.3) is 0 Å². The first-order valence-electron chi connectivity index (χ1n) is 6.63. The number of carbonyl (C=O) groups excluding carboxylic acids is 2. The summed E-state index contributed by atoms with van der Waals surface area (Å²) < 4.78 is 1.87. The Labute approximate surface area is 127 Å². The molecule has 3 N–H and O–H groups in total. The van der Waals surface area contributed by atoms with E-state index >= 15 is 0 Å². The van der Waals surface area contributed by atoms with E-state index in [0.29, 0.717) is 10.8 Å². The van der Waals surface area contributed by atoms with Crippen LogP contribution in [-0.2, 0) is 16.0 Å². The summed E-state index contributed by atoms with van der Waals surface area (Å²) in [5, 5.41) is 5.00. The number of hydrogen-bond donors (Lipinski definition) is 2. The minimum Gasteiger partial charge on any atom is -0.369 e. The summed E-state index contributed by atoms with van der Waals surface area (Å²) >= 11 is 1.29. The molecule has 112 valence electrons. The van der Waals surface area contributed by atoms with Crippen molar-refractivity contribution in [1.29, 1.82) is 0 Å². The summed E-state index contributed by atoms with van der Waals surface area (Å²) in [5.41, 5.74) is 5.70. The highest BCUT2D eigenvalue weighted by Gasteiger charge is 2.24. The average molecular weight is 306 g/mol. The van der Waals surface area contributed by atoms with Crippen LogP contribution in [0, 0.1) is 5.92 Å². The fourth-order valence-electron chi connectivity index (χ4n) is 2.12. The number of nitrogens with two attached hydrogens (primary N) is 1. The van der Waals surface area contributed by atoms with Gasteiger partial charge in [-0.05, 0) is 18.1 Å². The van der Waals surface area contributed by atoms with Crippen LogP contribution in [-0.4, -0.2) is 21.4 Å². The van der Waals surface area contributed by atoms with Gasteiger partial charge in [-0.2, -0.15) is 0 Å². The smallest absolute Gasteiger partial charge is 0.249 e. The molecule has 2 rings (SSSR count). The fourth-order valence-corrected chi connectivity index (χ4v) is 2.83. The first-order valence-corrected chi connectivity index (χ1v) is 7.51. The summed E-state index contributed by atoms with van der Waals surface area (Å²) in [5.74, 6) is -0.422. The van der Waals surface area contributed by atoms with Crippen LogP contribution < -0.4 is 11.1 Å². The Balaban J connectivity index is 2.08. The Morgan fingerprint density at radius 1 is 1.38 bits per heavy atom. The lowest BCUT2D eigenvalue weighted by Gasteiger charge is -2.21. The molecule has 0 spiro atoms. The van der Waals surface area contributed by atoms with Crippen molar-refractivity contribution in [3.05, 3.63) is 35.6 Å². The van der Waals surface area contributed by atoms with Gasteiger partial charge in [0.05, 0.1) is 12.1 Å². The van der Waals surface area contributed by atoms with Crippen LogP contribution in [0.15, 0.2) is 29.9 Å². The number of nitrogens with one attached hydrogen (secondary N) is 1. The lowest BCUT2D eigenvalue weighted by Crippen LogP contribution is -2.29. The third-order valence-corrected chi connectivity index (χ3v) is 3.79. The molecule has 7 heteroatoms. The van der Waals surface area contributed by atoms with Crippen LogP contribution in [0.3, 0.4) is 0 Å². The maximum atomic E-state index is 12.4. The lowest BCUT2D eigenvalue weighted by atomic mass is 10.0. The molecule has 2 amide bonds. The first kappa shape index (κ1) is 15.2. The number of thiazole rings is 1. The van der Waals surface area contributed by atoms with Crippen molar-refractivity contribution < 1.29 is 9.59 Å². The van der Waals surface area contributed by atoms with Gasteiger partial charge in [0, 0.05) is 17.8 Å². The Morgan fingerprint density at radius 3 is 2.62 bits per heavy atom. The van der Waals surface area contributed by atoms with E-state index < -0.39 is 5.91 Å². The van der Waals surface area contributed by atoms with E-state index in [0.717, 1.165) is 0 Å². The number of anilines is 1. The maximum Gasteiger partial charge on any atom is 0.249 e. The first-order chi connectivity index (χ1) is 9.97. The van der Waals surface area contributed by atoms with Gasteiger partial charge in [0.2, 0.25) is 11.8 Å². The van der Waals surface area contributed by atoms with Crippen molar-refractivity contribution in [1.82, 2.24) is 9.55 Å². The summed E-state index contributed by atoms with van der Waals surface area (Å²) in [4.78, 5) is 27.5. The van der Waals surface area contributed by atoms with Gasteiger partial charge in [0.1, 0.15) is 6.04 Å². The molecule has 2 aromatic heterocycles. The third kappa shape index (κ3) is 3.91. The molecule has 0 bridgehead atoms. The summed E-state index contributed by atoms with van der Waals surface area (Å²) in [7, 11) is 0. The SMILES string of the molecule is CC(C)C(C(=O)Nc1nc(CC(N)=O)cs1)n1cccc1. The minimum absolute atomic E-state index is 0.0809. The molecule has 6 nitrogen and oxygen atoms in total. The Hall–Kier alpha value is -2.15. The highest BCUT2D eigenvalue weighted by molar-refractivity contribution is 7.13. The highest BCUT2D eigenvalue weighted by Crippen LogP contribution is 2.22. The molecule has 0 aliphatic rings. The van der Waals surface area contributed by atoms with Gasteiger partial charge in [-0.3, -0.25) is 9.59 Å². The molecule has 0 aliphatic heterocycles. The topological polar surface area (TPSA) is 90.0 Å². The largest absolute Gasteiger partial charge is 0.369 e. The zero-order chi connectivity index (χ0) is 15.4. The summed E-state index contributed by atoms with van der Waals surface area (Å²) in [6.45, 7) is 3.98. The molecule has 21 heavy (non-hydrogen) atoms. The summed E-state index contributed by atoms with van der Waals surface area (Å²) in [6.07, 6.45) is 3.81. The van der Waals surface area contributed by atoms with Crippen molar-refractivity contribution in [2.75, 3.05) is 5.32 Å². The Morgan fingerprint density at radius 2 is 2.05 bits per heavy atom. The van der Waals surface area contributed by atoms with E-state index in [2.05, 4.69) is 10.3 Å². The molecule has 0 aromatic carbocycles. The molecular weight excluding hydrogens is 288 g/mol. The van der Waals surface area contributed by atoms with Gasteiger partial charge >= 0.3 is 0 Å². The van der Waals surface area contributed by atoms with Gasteiger partial charge < -0.3 is 15.6 Å². The molecule has 0 fully saturated rings. The van der Waals surface area contributed by atoms with Crippen LogP contribution >= 0.6 is 11.3 Å². The van der Waals surface area contributed by atoms with Crippen LogP contribution in [0.25, 0.3) is 0 Å². The molecule has 2 aromatic rings. The number of aromatic nitrogens is 2. The van der Waals surface area contributed by atoms with Crippen molar-refractivity contribution in [3.8, 4) is 0 Å². The van der Waals surface area contributed by atoms with Crippen LogP contribution in [0.5, 0.6) is 0 Å². The standard InChI is InChI=1S/C14H18N4O2S/c1-9(2)12(18-5-3-4-6-18)13(20)17-14-16-10(8-21-14)7-11(15)19/h3-6,8-9,12H,7H2,1-2H3,(H2,15,19)(H,16,17,20). The van der Waals surface area contributed by atoms with Crippen LogP contribution in [0.4, 0.5) is 5.13 Å². The van der Waals surface area contributed by atoms with Crippen molar-refractivity contribution in [2.45, 2.75) is 26.3 Å². The van der Waals surface area contributed by atoms with E-state index in [4.69, 9.17) is 5.73 Å². The number of amides is 2. The van der Waals surface area contributed by atoms with Crippen LogP contribution in [0.2, 0.25) is 0 Å². The lowest BCUT2D eigenvalue weighted by molar-refractivity contribution is -0.120. The highest BCUT2D eigenvalue weighted by atomic mass is 32.1. The number of hydrogen-bond acceptors (Lipinski definition) is 4. The Bertz CT molecular complexity index is 619. The zero-order valence-corrected chi connectivity index (χ0v) is 12.8. The number of primary amides is 1. The van der Waals surface area contributed by atoms with E-state index in [9.17, 15) is 9.59 Å². The van der Waals surface area contributed by atoms with E-state index in [1.54, 1.807) is 5.38 Å². The zero-order valence-electron chi connectivity index (χ0n) is 11.9. The van der Waals surface area contributed by atoms with Gasteiger partial charge in [-0.1, -0.05) is 13.8 Å². The second kappa shape index (κ2) is 6.53. The van der Waals surface area contributed by atoms with E-state index in [-0.39, 0.29) is 24.3 Å². The quantitative estimate of drug-likeness (QED) is 0.852. The monoisotopic (exact) mass is 306 g/mol. The van der Waals surface area contributed by atoms with Gasteiger partial charge in [0.15, 0.2) is 5.13 Å².